The van der Waals surface area contributed by atoms with E-state index >= 15 is 0 Å². The minimum absolute atomic E-state index is 0.0832. The van der Waals surface area contributed by atoms with Gasteiger partial charge in [-0.15, -0.1) is 0 Å². The number of hydrogen-bond donors (Lipinski definition) is 3. The molecule has 0 aromatic carbocycles. The summed E-state index contributed by atoms with van der Waals surface area (Å²) in [7, 11) is 0. The number of nitrogens with one attached hydrogen (secondary N) is 3. The monoisotopic (exact) mass is 295 g/mol. The first kappa shape index (κ1) is 16.7. The molecule has 0 spiro atoms. The number of rotatable bonds is 8. The molecule has 0 aliphatic carbocycles. The van der Waals surface area contributed by atoms with Crippen LogP contribution in [-0.4, -0.2) is 34.9 Å². The molecular formula is C13H21N5O3. The molecule has 0 fully saturated rings. The fourth-order valence-electron chi connectivity index (χ4n) is 1.65. The molecule has 1 aromatic rings. The maximum atomic E-state index is 11.7. The van der Waals surface area contributed by atoms with Crippen LogP contribution in [0.5, 0.6) is 0 Å². The van der Waals surface area contributed by atoms with Gasteiger partial charge in [-0.05, 0) is 26.3 Å². The SMILES string of the molecule is CCCNc1ccc([N+](=O)[O-])c(NC(C)C(=O)NCC)n1. The number of pyridine rings is 1. The lowest BCUT2D eigenvalue weighted by Gasteiger charge is -2.15. The summed E-state index contributed by atoms with van der Waals surface area (Å²) >= 11 is 0. The Morgan fingerprint density at radius 1 is 1.43 bits per heavy atom. The molecule has 0 radical (unpaired) electrons. The Morgan fingerprint density at radius 3 is 2.71 bits per heavy atom. The Balaban J connectivity index is 2.95. The number of carbonyl (C=O) groups is 1. The highest BCUT2D eigenvalue weighted by Gasteiger charge is 2.20. The van der Waals surface area contributed by atoms with Crippen LogP contribution < -0.4 is 16.0 Å². The van der Waals surface area contributed by atoms with Crippen molar-refractivity contribution in [3.05, 3.63) is 22.2 Å². The number of nitrogens with zero attached hydrogens (tertiary/aromatic N) is 2. The van der Waals surface area contributed by atoms with Crippen LogP contribution in [0.1, 0.15) is 27.2 Å². The van der Waals surface area contributed by atoms with Gasteiger partial charge in [0.2, 0.25) is 11.7 Å². The van der Waals surface area contributed by atoms with E-state index in [1.165, 1.54) is 6.07 Å². The van der Waals surface area contributed by atoms with Crippen LogP contribution in [0.15, 0.2) is 12.1 Å². The Kier molecular flexibility index (Phi) is 6.38. The molecule has 0 aliphatic heterocycles. The first-order valence-corrected chi connectivity index (χ1v) is 6.93. The normalized spacial score (nSPS) is 11.6. The van der Waals surface area contributed by atoms with E-state index in [-0.39, 0.29) is 17.4 Å². The fourth-order valence-corrected chi connectivity index (χ4v) is 1.65. The third kappa shape index (κ3) is 4.90. The van der Waals surface area contributed by atoms with Gasteiger partial charge in [-0.2, -0.15) is 0 Å². The molecule has 0 aliphatic rings. The predicted octanol–water partition coefficient (Wildman–Crippen LogP) is 1.75. The van der Waals surface area contributed by atoms with Gasteiger partial charge in [-0.25, -0.2) is 4.98 Å². The summed E-state index contributed by atoms with van der Waals surface area (Å²) in [5.74, 6) is 0.383. The third-order valence-electron chi connectivity index (χ3n) is 2.72. The summed E-state index contributed by atoms with van der Waals surface area (Å²) < 4.78 is 0. The molecule has 116 valence electrons. The number of carbonyl (C=O) groups excluding carboxylic acids is 1. The Labute approximate surface area is 123 Å². The average Bonchev–Trinajstić information content (AvgIpc) is 2.45. The van der Waals surface area contributed by atoms with Gasteiger partial charge in [0.15, 0.2) is 0 Å². The topological polar surface area (TPSA) is 109 Å². The number of likely N-dealkylation sites (N-methyl/N-ethyl adjacent to an activating group) is 1. The van der Waals surface area contributed by atoms with Crippen molar-refractivity contribution < 1.29 is 9.72 Å². The summed E-state index contributed by atoms with van der Waals surface area (Å²) in [5, 5.41) is 19.5. The predicted molar refractivity (Wildman–Crippen MR) is 81.4 cm³/mol. The second-order valence-corrected chi connectivity index (χ2v) is 4.51. The summed E-state index contributed by atoms with van der Waals surface area (Å²) in [6.07, 6.45) is 0.913. The fraction of sp³-hybridized carbons (Fsp3) is 0.538. The van der Waals surface area contributed by atoms with Crippen LogP contribution in [0.2, 0.25) is 0 Å². The number of anilines is 2. The van der Waals surface area contributed by atoms with E-state index in [9.17, 15) is 14.9 Å². The summed E-state index contributed by atoms with van der Waals surface area (Å²) in [5.41, 5.74) is -0.159. The van der Waals surface area contributed by atoms with Crippen LogP contribution >= 0.6 is 0 Å². The third-order valence-corrected chi connectivity index (χ3v) is 2.72. The minimum Gasteiger partial charge on any atom is -0.370 e. The van der Waals surface area contributed by atoms with Gasteiger partial charge >= 0.3 is 5.69 Å². The molecule has 0 saturated carbocycles. The van der Waals surface area contributed by atoms with E-state index in [2.05, 4.69) is 20.9 Å². The molecule has 8 heteroatoms. The van der Waals surface area contributed by atoms with Gasteiger partial charge in [0.1, 0.15) is 11.9 Å². The van der Waals surface area contributed by atoms with Gasteiger partial charge < -0.3 is 16.0 Å². The molecular weight excluding hydrogens is 274 g/mol. The van der Waals surface area contributed by atoms with Crippen molar-refractivity contribution in [3.8, 4) is 0 Å². The molecule has 1 atom stereocenters. The molecule has 1 heterocycles. The summed E-state index contributed by atoms with van der Waals surface area (Å²) in [6.45, 7) is 6.66. The molecule has 1 rings (SSSR count). The van der Waals surface area contributed by atoms with Crippen LogP contribution in [0.4, 0.5) is 17.3 Å². The van der Waals surface area contributed by atoms with E-state index in [1.807, 2.05) is 6.92 Å². The quantitative estimate of drug-likeness (QED) is 0.498. The zero-order valence-electron chi connectivity index (χ0n) is 12.5. The Hall–Kier alpha value is -2.38. The summed E-state index contributed by atoms with van der Waals surface area (Å²) in [6, 6.07) is 2.31. The first-order valence-electron chi connectivity index (χ1n) is 6.93. The van der Waals surface area contributed by atoms with Gasteiger partial charge in [-0.3, -0.25) is 14.9 Å². The molecule has 0 saturated heterocycles. The highest BCUT2D eigenvalue weighted by atomic mass is 16.6. The second-order valence-electron chi connectivity index (χ2n) is 4.51. The number of amides is 1. The van der Waals surface area contributed by atoms with E-state index in [0.717, 1.165) is 13.0 Å². The van der Waals surface area contributed by atoms with E-state index in [4.69, 9.17) is 0 Å². The second kappa shape index (κ2) is 8.03. The standard InChI is InChI=1S/C13H21N5O3/c1-4-8-15-11-7-6-10(18(20)21)12(17-11)16-9(3)13(19)14-5-2/h6-7,9H,4-5,8H2,1-3H3,(H,14,19)(H2,15,16,17). The molecule has 3 N–H and O–H groups in total. The molecule has 21 heavy (non-hydrogen) atoms. The molecule has 0 bridgehead atoms. The van der Waals surface area contributed by atoms with Gasteiger partial charge in [-0.1, -0.05) is 6.92 Å². The van der Waals surface area contributed by atoms with Crippen LogP contribution in [0, 0.1) is 10.1 Å². The lowest BCUT2D eigenvalue weighted by atomic mass is 10.3. The van der Waals surface area contributed by atoms with E-state index < -0.39 is 11.0 Å². The summed E-state index contributed by atoms with van der Waals surface area (Å²) in [4.78, 5) is 26.4. The first-order chi connectivity index (χ1) is 9.99. The Morgan fingerprint density at radius 2 is 2.14 bits per heavy atom. The van der Waals surface area contributed by atoms with Crippen molar-refractivity contribution in [2.75, 3.05) is 23.7 Å². The van der Waals surface area contributed by atoms with Crippen molar-refractivity contribution in [3.63, 3.8) is 0 Å². The molecule has 1 amide bonds. The van der Waals surface area contributed by atoms with Gasteiger partial charge in [0.05, 0.1) is 4.92 Å². The van der Waals surface area contributed by atoms with Crippen LogP contribution in [0.3, 0.4) is 0 Å². The maximum absolute atomic E-state index is 11.7. The largest absolute Gasteiger partial charge is 0.370 e. The van der Waals surface area contributed by atoms with Crippen molar-refractivity contribution in [1.29, 1.82) is 0 Å². The van der Waals surface area contributed by atoms with E-state index in [0.29, 0.717) is 12.4 Å². The zero-order chi connectivity index (χ0) is 15.8. The lowest BCUT2D eigenvalue weighted by molar-refractivity contribution is -0.384. The van der Waals surface area contributed by atoms with Crippen molar-refractivity contribution >= 4 is 23.2 Å². The molecule has 8 nitrogen and oxygen atoms in total. The van der Waals surface area contributed by atoms with Crippen LogP contribution in [0.25, 0.3) is 0 Å². The zero-order valence-corrected chi connectivity index (χ0v) is 12.5. The smallest absolute Gasteiger partial charge is 0.311 e. The highest BCUT2D eigenvalue weighted by Crippen LogP contribution is 2.24. The van der Waals surface area contributed by atoms with Crippen molar-refractivity contribution in [2.45, 2.75) is 33.2 Å². The number of nitro groups is 1. The maximum Gasteiger partial charge on any atom is 0.311 e. The van der Waals surface area contributed by atoms with Gasteiger partial charge in [0, 0.05) is 19.2 Å². The van der Waals surface area contributed by atoms with Crippen molar-refractivity contribution in [2.24, 2.45) is 0 Å². The lowest BCUT2D eigenvalue weighted by Crippen LogP contribution is -2.37. The van der Waals surface area contributed by atoms with Crippen LogP contribution in [-0.2, 0) is 4.79 Å². The molecule has 1 aromatic heterocycles. The number of hydrogen-bond acceptors (Lipinski definition) is 6. The van der Waals surface area contributed by atoms with Gasteiger partial charge in [0.25, 0.3) is 0 Å². The average molecular weight is 295 g/mol. The van der Waals surface area contributed by atoms with E-state index in [1.54, 1.807) is 19.9 Å². The van der Waals surface area contributed by atoms with Crippen molar-refractivity contribution in [1.82, 2.24) is 10.3 Å². The Bertz CT molecular complexity index is 507. The minimum atomic E-state index is -0.613. The number of aromatic nitrogens is 1. The molecule has 1 unspecified atom stereocenters. The highest BCUT2D eigenvalue weighted by molar-refractivity contribution is 5.84.